The molecule has 166 valence electrons. The molecule has 0 bridgehead atoms. The topological polar surface area (TPSA) is 12.9 Å². The summed E-state index contributed by atoms with van der Waals surface area (Å²) in [5, 5.41) is 9.08. The van der Waals surface area contributed by atoms with Gasteiger partial charge in [-0.2, -0.15) is 0 Å². The Labute approximate surface area is 208 Å². The average molecular weight is 466 g/mol. The third-order valence-electron chi connectivity index (χ3n) is 6.96. The lowest BCUT2D eigenvalue weighted by Gasteiger charge is -2.17. The Morgan fingerprint density at radius 3 is 2.14 bits per heavy atom. The standard InChI is InChI=1S/C33H23NS/c1-2-11-22(12-3-1)31-27-17-8-9-18-28(27)33(29-19-10-20-34-32(29)31)35-30-21-23-13-4-5-14-24(23)25-15-6-7-16-26(25)30/h1-7,10-21H,8-9H2. The van der Waals surface area contributed by atoms with Gasteiger partial charge in [0.1, 0.15) is 0 Å². The second-order valence-electron chi connectivity index (χ2n) is 9.03. The van der Waals surface area contributed by atoms with Gasteiger partial charge in [0.15, 0.2) is 0 Å². The predicted molar refractivity (Wildman–Crippen MR) is 150 cm³/mol. The number of benzene rings is 5. The van der Waals surface area contributed by atoms with Gasteiger partial charge >= 0.3 is 0 Å². The maximum Gasteiger partial charge on any atom is 0.0798 e. The van der Waals surface area contributed by atoms with Crippen LogP contribution in [0.3, 0.4) is 0 Å². The number of rotatable bonds is 3. The quantitative estimate of drug-likeness (QED) is 0.248. The minimum Gasteiger partial charge on any atom is -0.256 e. The molecule has 6 aromatic rings. The van der Waals surface area contributed by atoms with Crippen molar-refractivity contribution in [2.75, 3.05) is 0 Å². The summed E-state index contributed by atoms with van der Waals surface area (Å²) in [5.74, 6) is 0. The Morgan fingerprint density at radius 2 is 1.29 bits per heavy atom. The van der Waals surface area contributed by atoms with E-state index >= 15 is 0 Å². The number of hydrogen-bond donors (Lipinski definition) is 0. The monoisotopic (exact) mass is 465 g/mol. The lowest BCUT2D eigenvalue weighted by Crippen LogP contribution is -2.31. The summed E-state index contributed by atoms with van der Waals surface area (Å²) < 4.78 is 0. The van der Waals surface area contributed by atoms with E-state index in [9.17, 15) is 0 Å². The molecule has 5 aromatic carbocycles. The largest absolute Gasteiger partial charge is 0.256 e. The lowest BCUT2D eigenvalue weighted by molar-refractivity contribution is 1.10. The Bertz CT molecular complexity index is 1870. The molecular weight excluding hydrogens is 442 g/mol. The maximum atomic E-state index is 4.93. The Morgan fingerprint density at radius 1 is 0.600 bits per heavy atom. The molecule has 7 rings (SSSR count). The van der Waals surface area contributed by atoms with E-state index in [1.807, 2.05) is 18.0 Å². The molecule has 0 saturated carbocycles. The van der Waals surface area contributed by atoms with Crippen molar-refractivity contribution in [1.82, 2.24) is 4.98 Å². The molecule has 0 radical (unpaired) electrons. The van der Waals surface area contributed by atoms with Gasteiger partial charge in [-0.05, 0) is 62.5 Å². The van der Waals surface area contributed by atoms with Crippen LogP contribution in [0.25, 0.3) is 55.7 Å². The molecule has 0 fully saturated rings. The Balaban J connectivity index is 1.56. The van der Waals surface area contributed by atoms with Crippen molar-refractivity contribution < 1.29 is 0 Å². The molecule has 0 spiro atoms. The summed E-state index contributed by atoms with van der Waals surface area (Å²) in [5.41, 5.74) is 3.56. The first-order valence-electron chi connectivity index (χ1n) is 12.1. The molecule has 0 atom stereocenters. The van der Waals surface area contributed by atoms with Crippen molar-refractivity contribution in [1.29, 1.82) is 0 Å². The highest BCUT2D eigenvalue weighted by molar-refractivity contribution is 7.99. The van der Waals surface area contributed by atoms with Crippen molar-refractivity contribution >= 4 is 56.4 Å². The third kappa shape index (κ3) is 3.37. The molecule has 1 aliphatic rings. The summed E-state index contributed by atoms with van der Waals surface area (Å²) >= 11 is 1.89. The van der Waals surface area contributed by atoms with Gasteiger partial charge in [-0.15, -0.1) is 0 Å². The summed E-state index contributed by atoms with van der Waals surface area (Å²) in [6.07, 6.45) is 8.90. The molecule has 0 unspecified atom stereocenters. The fraction of sp³-hybridized carbons (Fsp3) is 0.0606. The second kappa shape index (κ2) is 8.41. The summed E-state index contributed by atoms with van der Waals surface area (Å²) in [4.78, 5) is 7.53. The Kier molecular flexibility index (Phi) is 4.92. The van der Waals surface area contributed by atoms with Crippen molar-refractivity contribution in [2.45, 2.75) is 22.6 Å². The van der Waals surface area contributed by atoms with Crippen LogP contribution in [-0.2, 0) is 0 Å². The molecule has 1 heterocycles. The van der Waals surface area contributed by atoms with E-state index in [1.165, 1.54) is 58.3 Å². The van der Waals surface area contributed by atoms with Crippen molar-refractivity contribution in [3.8, 4) is 11.1 Å². The number of aromatic nitrogens is 1. The number of fused-ring (bicyclic) bond motifs is 5. The van der Waals surface area contributed by atoms with Gasteiger partial charge in [-0.3, -0.25) is 4.98 Å². The zero-order valence-electron chi connectivity index (χ0n) is 19.2. The van der Waals surface area contributed by atoms with Gasteiger partial charge in [0.2, 0.25) is 0 Å². The van der Waals surface area contributed by atoms with E-state index in [-0.39, 0.29) is 0 Å². The second-order valence-corrected chi connectivity index (χ2v) is 10.1. The van der Waals surface area contributed by atoms with Crippen LogP contribution in [0.2, 0.25) is 0 Å². The minimum atomic E-state index is 1.06. The van der Waals surface area contributed by atoms with E-state index in [1.54, 1.807) is 0 Å². The molecule has 0 amide bonds. The van der Waals surface area contributed by atoms with Crippen LogP contribution < -0.4 is 10.4 Å². The number of nitrogens with zero attached hydrogens (tertiary/aromatic N) is 1. The van der Waals surface area contributed by atoms with Crippen LogP contribution in [-0.4, -0.2) is 4.98 Å². The molecule has 35 heavy (non-hydrogen) atoms. The van der Waals surface area contributed by atoms with Crippen molar-refractivity contribution in [2.24, 2.45) is 0 Å². The SMILES string of the molecule is C1=c2c(Sc3cc4ccccc4c4ccccc34)c3cccnc3c(-c3ccccc3)c2=CCC1. The molecule has 1 aliphatic carbocycles. The van der Waals surface area contributed by atoms with Crippen LogP contribution in [0.4, 0.5) is 0 Å². The van der Waals surface area contributed by atoms with Gasteiger partial charge in [0.05, 0.1) is 5.52 Å². The maximum absolute atomic E-state index is 4.93. The van der Waals surface area contributed by atoms with E-state index < -0.39 is 0 Å². The summed E-state index contributed by atoms with van der Waals surface area (Å²) in [7, 11) is 0. The van der Waals surface area contributed by atoms with Gasteiger partial charge in [-0.25, -0.2) is 0 Å². The normalized spacial score (nSPS) is 12.9. The molecule has 2 heteroatoms. The zero-order valence-corrected chi connectivity index (χ0v) is 20.1. The first-order valence-corrected chi connectivity index (χ1v) is 12.9. The van der Waals surface area contributed by atoms with Crippen LogP contribution in [0.5, 0.6) is 0 Å². The van der Waals surface area contributed by atoms with Crippen LogP contribution in [0, 0.1) is 0 Å². The third-order valence-corrected chi connectivity index (χ3v) is 8.16. The first-order chi connectivity index (χ1) is 17.4. The first kappa shape index (κ1) is 20.5. The van der Waals surface area contributed by atoms with Crippen molar-refractivity contribution in [3.63, 3.8) is 0 Å². The zero-order chi connectivity index (χ0) is 23.2. The molecular formula is C33H23NS. The smallest absolute Gasteiger partial charge is 0.0798 e. The van der Waals surface area contributed by atoms with Gasteiger partial charge < -0.3 is 0 Å². The highest BCUT2D eigenvalue weighted by Crippen LogP contribution is 2.39. The van der Waals surface area contributed by atoms with Gasteiger partial charge in [-0.1, -0.05) is 109 Å². The molecule has 1 aromatic heterocycles. The minimum absolute atomic E-state index is 1.06. The van der Waals surface area contributed by atoms with Crippen LogP contribution >= 0.6 is 11.8 Å². The fourth-order valence-electron chi connectivity index (χ4n) is 5.41. The van der Waals surface area contributed by atoms with Crippen molar-refractivity contribution in [3.05, 3.63) is 114 Å². The predicted octanol–water partition coefficient (Wildman–Crippen LogP) is 7.71. The van der Waals surface area contributed by atoms with Gasteiger partial charge in [0.25, 0.3) is 0 Å². The van der Waals surface area contributed by atoms with E-state index in [4.69, 9.17) is 4.98 Å². The molecule has 1 nitrogen and oxygen atoms in total. The highest BCUT2D eigenvalue weighted by atomic mass is 32.2. The molecule has 0 saturated heterocycles. The van der Waals surface area contributed by atoms with E-state index in [0.717, 1.165) is 18.4 Å². The number of pyridine rings is 1. The van der Waals surface area contributed by atoms with Crippen LogP contribution in [0.1, 0.15) is 12.8 Å². The molecule has 0 N–H and O–H groups in total. The Hall–Kier alpha value is -3.88. The summed E-state index contributed by atoms with van der Waals surface area (Å²) in [6.45, 7) is 0. The van der Waals surface area contributed by atoms with E-state index in [0.29, 0.717) is 0 Å². The average Bonchev–Trinajstić information content (AvgIpc) is 2.93. The fourth-order valence-corrected chi connectivity index (χ4v) is 6.68. The van der Waals surface area contributed by atoms with Crippen LogP contribution in [0.15, 0.2) is 113 Å². The van der Waals surface area contributed by atoms with E-state index in [2.05, 4.69) is 109 Å². The summed E-state index contributed by atoms with van der Waals surface area (Å²) in [6, 6.07) is 34.9. The highest BCUT2D eigenvalue weighted by Gasteiger charge is 2.17. The van der Waals surface area contributed by atoms with Gasteiger partial charge in [0, 0.05) is 26.9 Å². The lowest BCUT2D eigenvalue weighted by atomic mass is 9.94. The number of hydrogen-bond acceptors (Lipinski definition) is 2. The molecule has 0 aliphatic heterocycles.